The van der Waals surface area contributed by atoms with Gasteiger partial charge in [-0.2, -0.15) is 0 Å². The lowest BCUT2D eigenvalue weighted by Gasteiger charge is -2.32. The number of ether oxygens (including phenoxy) is 1. The van der Waals surface area contributed by atoms with Gasteiger partial charge in [0.2, 0.25) is 0 Å². The molecular weight excluding hydrogens is 387 g/mol. The van der Waals surface area contributed by atoms with E-state index in [2.05, 4.69) is 0 Å². The van der Waals surface area contributed by atoms with Gasteiger partial charge in [-0.1, -0.05) is 60.7 Å². The highest BCUT2D eigenvalue weighted by molar-refractivity contribution is 6.65. The van der Waals surface area contributed by atoms with Crippen LogP contribution in [0.3, 0.4) is 0 Å². The molecule has 31 heavy (non-hydrogen) atoms. The van der Waals surface area contributed by atoms with E-state index in [1.54, 1.807) is 6.07 Å². The summed E-state index contributed by atoms with van der Waals surface area (Å²) in [4.78, 5) is 12.0. The van der Waals surface area contributed by atoms with Crippen molar-refractivity contribution in [1.29, 1.82) is 0 Å². The molecule has 5 heteroatoms. The van der Waals surface area contributed by atoms with Gasteiger partial charge in [-0.05, 0) is 51.0 Å². The second-order valence-electron chi connectivity index (χ2n) is 8.79. The maximum Gasteiger partial charge on any atom is 0.496 e. The van der Waals surface area contributed by atoms with Crippen LogP contribution in [0, 0.1) is 0 Å². The molecule has 1 saturated heterocycles. The fourth-order valence-corrected chi connectivity index (χ4v) is 3.69. The third kappa shape index (κ3) is 4.16. The molecule has 3 aromatic rings. The highest BCUT2D eigenvalue weighted by Gasteiger charge is 2.53. The molecule has 0 aromatic heterocycles. The van der Waals surface area contributed by atoms with Crippen LogP contribution in [0.5, 0.6) is 5.75 Å². The molecule has 0 spiro atoms. The fourth-order valence-electron chi connectivity index (χ4n) is 3.69. The smallest absolute Gasteiger partial charge is 0.488 e. The lowest BCUT2D eigenvalue weighted by molar-refractivity contribution is 0.00578. The Morgan fingerprint density at radius 1 is 0.839 bits per heavy atom. The van der Waals surface area contributed by atoms with E-state index in [0.29, 0.717) is 23.4 Å². The summed E-state index contributed by atoms with van der Waals surface area (Å²) in [5.74, 6) is 0.686. The van der Waals surface area contributed by atoms with Crippen molar-refractivity contribution in [2.45, 2.75) is 45.5 Å². The van der Waals surface area contributed by atoms with Crippen LogP contribution in [-0.2, 0) is 15.9 Å². The van der Waals surface area contributed by atoms with Crippen molar-refractivity contribution in [2.75, 3.05) is 0 Å². The quantitative estimate of drug-likeness (QED) is 0.419. The van der Waals surface area contributed by atoms with Crippen LogP contribution >= 0.6 is 0 Å². The summed E-state index contributed by atoms with van der Waals surface area (Å²) < 4.78 is 18.9. The topological polar surface area (TPSA) is 44.8 Å². The average Bonchev–Trinajstić information content (AvgIpc) is 2.99. The van der Waals surface area contributed by atoms with Crippen LogP contribution in [0.15, 0.2) is 72.8 Å². The molecule has 1 fully saturated rings. The van der Waals surface area contributed by atoms with E-state index in [1.807, 2.05) is 94.4 Å². The van der Waals surface area contributed by atoms with Crippen molar-refractivity contribution in [3.8, 4) is 16.9 Å². The highest BCUT2D eigenvalue weighted by Crippen LogP contribution is 2.39. The van der Waals surface area contributed by atoms with Crippen molar-refractivity contribution in [2.24, 2.45) is 0 Å². The third-order valence-electron chi connectivity index (χ3n) is 6.16. The summed E-state index contributed by atoms with van der Waals surface area (Å²) in [6.07, 6.45) is 0.855. The molecule has 0 amide bonds. The Labute approximate surface area is 184 Å². The van der Waals surface area contributed by atoms with Gasteiger partial charge >= 0.3 is 7.12 Å². The summed E-state index contributed by atoms with van der Waals surface area (Å²) in [6, 6.07) is 23.6. The first-order valence-electron chi connectivity index (χ1n) is 10.5. The number of carbonyl (C=O) groups is 1. The monoisotopic (exact) mass is 414 g/mol. The van der Waals surface area contributed by atoms with Crippen molar-refractivity contribution >= 4 is 18.9 Å². The summed E-state index contributed by atoms with van der Waals surface area (Å²) >= 11 is 0. The average molecular weight is 414 g/mol. The molecule has 4 nitrogen and oxygen atoms in total. The fraction of sp³-hybridized carbons (Fsp3) is 0.269. The van der Waals surface area contributed by atoms with Gasteiger partial charge in [-0.15, -0.1) is 0 Å². The Kier molecular flexibility index (Phi) is 5.74. The van der Waals surface area contributed by atoms with Gasteiger partial charge in [0.1, 0.15) is 18.6 Å². The van der Waals surface area contributed by atoms with Gasteiger partial charge in [-0.25, -0.2) is 0 Å². The van der Waals surface area contributed by atoms with Gasteiger partial charge in [-0.3, -0.25) is 4.79 Å². The summed E-state index contributed by atoms with van der Waals surface area (Å²) in [5, 5.41) is 0. The predicted octanol–water partition coefficient (Wildman–Crippen LogP) is 5.04. The first-order valence-corrected chi connectivity index (χ1v) is 10.5. The maximum absolute atomic E-state index is 12.0. The van der Waals surface area contributed by atoms with Gasteiger partial charge in [0, 0.05) is 16.6 Å². The zero-order chi connectivity index (χ0) is 22.1. The van der Waals surface area contributed by atoms with Gasteiger partial charge in [0.05, 0.1) is 11.2 Å². The SMILES string of the molecule is CC1(C)OB(c2c(C=O)ccc(OCc3ccccc3)c2-c2ccccc2)OC1(C)C. The normalized spacial score (nSPS) is 16.8. The number of rotatable bonds is 6. The molecule has 4 rings (SSSR count). The van der Waals surface area contributed by atoms with E-state index in [1.165, 1.54) is 0 Å². The zero-order valence-electron chi connectivity index (χ0n) is 18.4. The highest BCUT2D eigenvalue weighted by atomic mass is 16.7. The molecule has 1 heterocycles. The molecule has 1 aliphatic rings. The Morgan fingerprint density at radius 3 is 2.00 bits per heavy atom. The minimum Gasteiger partial charge on any atom is -0.488 e. The molecule has 0 radical (unpaired) electrons. The number of hydrogen-bond donors (Lipinski definition) is 0. The lowest BCUT2D eigenvalue weighted by atomic mass is 9.71. The predicted molar refractivity (Wildman–Crippen MR) is 124 cm³/mol. The summed E-state index contributed by atoms with van der Waals surface area (Å²) in [6.45, 7) is 8.44. The number of carbonyl (C=O) groups excluding carboxylic acids is 1. The second-order valence-corrected chi connectivity index (χ2v) is 8.79. The van der Waals surface area contributed by atoms with E-state index >= 15 is 0 Å². The number of hydrogen-bond acceptors (Lipinski definition) is 4. The van der Waals surface area contributed by atoms with Gasteiger partial charge in [0.25, 0.3) is 0 Å². The molecular formula is C26H27BO4. The molecule has 0 aliphatic carbocycles. The summed E-state index contributed by atoms with van der Waals surface area (Å²) in [5.41, 5.74) is 3.02. The van der Waals surface area contributed by atoms with E-state index in [-0.39, 0.29) is 0 Å². The van der Waals surface area contributed by atoms with Crippen LogP contribution in [-0.4, -0.2) is 24.6 Å². The van der Waals surface area contributed by atoms with Crippen LogP contribution in [0.2, 0.25) is 0 Å². The first-order chi connectivity index (χ1) is 14.8. The lowest BCUT2D eigenvalue weighted by Crippen LogP contribution is -2.41. The molecule has 0 saturated carbocycles. The standard InChI is InChI=1S/C26H27BO4/c1-25(2)26(3,4)31-27(30-25)24-21(17-28)15-16-22(23(24)20-13-9-6-10-14-20)29-18-19-11-7-5-8-12-19/h5-17H,18H2,1-4H3. The molecule has 0 atom stereocenters. The molecule has 0 unspecified atom stereocenters. The van der Waals surface area contributed by atoms with Crippen LogP contribution in [0.4, 0.5) is 0 Å². The Balaban J connectivity index is 1.83. The molecule has 0 bridgehead atoms. The first kappa shape index (κ1) is 21.4. The largest absolute Gasteiger partial charge is 0.496 e. The molecule has 1 aliphatic heterocycles. The minimum atomic E-state index is -0.680. The zero-order valence-corrected chi connectivity index (χ0v) is 18.4. The molecule has 3 aromatic carbocycles. The van der Waals surface area contributed by atoms with Crippen molar-refractivity contribution in [3.63, 3.8) is 0 Å². The summed E-state index contributed by atoms with van der Waals surface area (Å²) in [7, 11) is -0.680. The van der Waals surface area contributed by atoms with Gasteiger partial charge < -0.3 is 14.0 Å². The van der Waals surface area contributed by atoms with E-state index in [0.717, 1.165) is 23.0 Å². The Morgan fingerprint density at radius 2 is 1.42 bits per heavy atom. The minimum absolute atomic E-state index is 0.421. The van der Waals surface area contributed by atoms with Crippen LogP contribution in [0.1, 0.15) is 43.6 Å². The number of aldehydes is 1. The van der Waals surface area contributed by atoms with E-state index < -0.39 is 18.3 Å². The second kappa shape index (κ2) is 8.33. The van der Waals surface area contributed by atoms with Crippen molar-refractivity contribution in [1.82, 2.24) is 0 Å². The van der Waals surface area contributed by atoms with E-state index in [9.17, 15) is 4.79 Å². The van der Waals surface area contributed by atoms with Crippen LogP contribution in [0.25, 0.3) is 11.1 Å². The van der Waals surface area contributed by atoms with Crippen LogP contribution < -0.4 is 10.2 Å². The Bertz CT molecular complexity index is 1050. The van der Waals surface area contributed by atoms with Gasteiger partial charge in [0.15, 0.2) is 0 Å². The molecule has 158 valence electrons. The van der Waals surface area contributed by atoms with Crippen molar-refractivity contribution < 1.29 is 18.8 Å². The number of benzene rings is 3. The maximum atomic E-state index is 12.0. The van der Waals surface area contributed by atoms with Crippen molar-refractivity contribution in [3.05, 3.63) is 83.9 Å². The third-order valence-corrected chi connectivity index (χ3v) is 6.16. The molecule has 0 N–H and O–H groups in total. The van der Waals surface area contributed by atoms with E-state index in [4.69, 9.17) is 14.0 Å². The Hall–Kier alpha value is -2.89.